The predicted octanol–water partition coefficient (Wildman–Crippen LogP) is 5.27. The largest absolute Gasteiger partial charge is 0.486 e. The Labute approximate surface area is 206 Å². The maximum Gasteiger partial charge on any atom is 0.322 e. The molecule has 1 aromatic heterocycles. The minimum absolute atomic E-state index is 0.218. The van der Waals surface area contributed by atoms with Gasteiger partial charge in [-0.25, -0.2) is 4.79 Å². The molecule has 2 amide bonds. The van der Waals surface area contributed by atoms with E-state index in [1.807, 2.05) is 19.1 Å². The molecule has 2 aliphatic heterocycles. The molecule has 1 unspecified atom stereocenters. The van der Waals surface area contributed by atoms with Crippen LogP contribution in [-0.4, -0.2) is 58.6 Å². The molecule has 2 saturated heterocycles. The van der Waals surface area contributed by atoms with E-state index < -0.39 is 5.60 Å². The van der Waals surface area contributed by atoms with Gasteiger partial charge in [-0.2, -0.15) is 5.26 Å². The fourth-order valence-corrected chi connectivity index (χ4v) is 4.99. The topological polar surface area (TPSA) is 81.5 Å². The van der Waals surface area contributed by atoms with Gasteiger partial charge in [-0.15, -0.1) is 0 Å². The third-order valence-corrected chi connectivity index (χ3v) is 7.13. The fourth-order valence-electron chi connectivity index (χ4n) is 4.86. The van der Waals surface area contributed by atoms with Crippen molar-refractivity contribution in [1.29, 1.82) is 5.26 Å². The highest BCUT2D eigenvalue weighted by molar-refractivity contribution is 6.30. The van der Waals surface area contributed by atoms with Gasteiger partial charge in [0.2, 0.25) is 0 Å². The third-order valence-electron chi connectivity index (χ3n) is 6.88. The molecule has 1 atom stereocenters. The van der Waals surface area contributed by atoms with Crippen molar-refractivity contribution in [2.45, 2.75) is 57.6 Å². The zero-order chi connectivity index (χ0) is 24.3. The number of hydrogen-bond acceptors (Lipinski definition) is 5. The highest BCUT2D eigenvalue weighted by Crippen LogP contribution is 2.35. The van der Waals surface area contributed by atoms with Crippen molar-refractivity contribution < 1.29 is 9.53 Å². The molecule has 34 heavy (non-hydrogen) atoms. The molecule has 0 spiro atoms. The smallest absolute Gasteiger partial charge is 0.322 e. The highest BCUT2D eigenvalue weighted by Gasteiger charge is 2.38. The molecule has 1 N–H and O–H groups in total. The van der Waals surface area contributed by atoms with Gasteiger partial charge in [0.15, 0.2) is 0 Å². The Bertz CT molecular complexity index is 1060. The molecule has 2 aromatic rings. The zero-order valence-electron chi connectivity index (χ0n) is 20.1. The molecule has 3 heterocycles. The van der Waals surface area contributed by atoms with Crippen molar-refractivity contribution in [3.63, 3.8) is 0 Å². The fraction of sp³-hybridized carbons (Fsp3) is 0.500. The van der Waals surface area contributed by atoms with E-state index in [9.17, 15) is 10.1 Å². The molecule has 2 aliphatic rings. The first-order valence-corrected chi connectivity index (χ1v) is 12.3. The Hall–Kier alpha value is -2.82. The Morgan fingerprint density at radius 1 is 1.24 bits per heavy atom. The first kappa shape index (κ1) is 24.3. The molecule has 0 aliphatic carbocycles. The number of likely N-dealkylation sites (tertiary alicyclic amines) is 2. The monoisotopic (exact) mass is 481 g/mol. The van der Waals surface area contributed by atoms with Crippen molar-refractivity contribution in [2.75, 3.05) is 31.5 Å². The number of benzene rings is 1. The van der Waals surface area contributed by atoms with Crippen LogP contribution in [0.15, 0.2) is 36.5 Å². The van der Waals surface area contributed by atoms with Crippen molar-refractivity contribution in [3.8, 4) is 11.8 Å². The first-order chi connectivity index (χ1) is 16.3. The molecular weight excluding hydrogens is 450 g/mol. The Kier molecular flexibility index (Phi) is 7.30. The van der Waals surface area contributed by atoms with Gasteiger partial charge < -0.3 is 19.9 Å². The summed E-state index contributed by atoms with van der Waals surface area (Å²) in [5, 5.41) is 13.4. The second-order valence-corrected chi connectivity index (χ2v) is 10.2. The number of anilines is 1. The summed E-state index contributed by atoms with van der Waals surface area (Å²) in [5.41, 5.74) is 1.31. The quantitative estimate of drug-likeness (QED) is 0.629. The Morgan fingerprint density at radius 2 is 1.94 bits per heavy atom. The number of carbonyl (C=O) groups is 1. The minimum atomic E-state index is -0.495. The van der Waals surface area contributed by atoms with Gasteiger partial charge in [0.1, 0.15) is 17.4 Å². The van der Waals surface area contributed by atoms with E-state index in [1.165, 1.54) is 0 Å². The van der Waals surface area contributed by atoms with Gasteiger partial charge in [0, 0.05) is 36.1 Å². The molecule has 0 bridgehead atoms. The van der Waals surface area contributed by atoms with Crippen LogP contribution < -0.4 is 10.1 Å². The van der Waals surface area contributed by atoms with E-state index in [4.69, 9.17) is 16.3 Å². The van der Waals surface area contributed by atoms with Gasteiger partial charge in [-0.1, -0.05) is 11.6 Å². The van der Waals surface area contributed by atoms with Crippen LogP contribution in [0.4, 0.5) is 10.5 Å². The van der Waals surface area contributed by atoms with Crippen molar-refractivity contribution >= 4 is 23.3 Å². The predicted molar refractivity (Wildman–Crippen MR) is 133 cm³/mol. The lowest BCUT2D eigenvalue weighted by Crippen LogP contribution is -2.40. The lowest BCUT2D eigenvalue weighted by atomic mass is 9.90. The van der Waals surface area contributed by atoms with Crippen molar-refractivity contribution in [3.05, 3.63) is 52.8 Å². The maximum absolute atomic E-state index is 13.2. The molecule has 7 nitrogen and oxygen atoms in total. The van der Waals surface area contributed by atoms with Crippen molar-refractivity contribution in [1.82, 2.24) is 14.8 Å². The van der Waals surface area contributed by atoms with Crippen LogP contribution in [0.1, 0.15) is 57.2 Å². The number of amides is 2. The molecule has 2 fully saturated rings. The van der Waals surface area contributed by atoms with Gasteiger partial charge >= 0.3 is 6.03 Å². The van der Waals surface area contributed by atoms with E-state index >= 15 is 0 Å². The number of rotatable bonds is 5. The zero-order valence-corrected chi connectivity index (χ0v) is 20.8. The summed E-state index contributed by atoms with van der Waals surface area (Å²) in [6, 6.07) is 11.4. The number of nitrogens with zero attached hydrogens (tertiary/aromatic N) is 4. The van der Waals surface area contributed by atoms with E-state index in [0.29, 0.717) is 41.8 Å². The van der Waals surface area contributed by atoms with E-state index in [1.54, 1.807) is 29.3 Å². The van der Waals surface area contributed by atoms with Crippen LogP contribution >= 0.6 is 11.6 Å². The second kappa shape index (κ2) is 10.2. The molecule has 8 heteroatoms. The van der Waals surface area contributed by atoms with Gasteiger partial charge in [-0.3, -0.25) is 4.98 Å². The molecule has 0 radical (unpaired) electrons. The lowest BCUT2D eigenvalue weighted by molar-refractivity contribution is 0.100. The SMILES string of the molecule is CC(C)N1CCC(c2nccc(C#N)c2NC(=O)N2CCC(C)(Oc3ccc(Cl)cc3)C2)CC1. The average Bonchev–Trinajstić information content (AvgIpc) is 3.22. The highest BCUT2D eigenvalue weighted by atomic mass is 35.5. The Morgan fingerprint density at radius 3 is 2.59 bits per heavy atom. The van der Waals surface area contributed by atoms with Gasteiger partial charge in [0.05, 0.1) is 23.5 Å². The number of ether oxygens (including phenoxy) is 1. The van der Waals surface area contributed by atoms with Crippen LogP contribution in [0.5, 0.6) is 5.75 Å². The normalized spacial score (nSPS) is 21.5. The van der Waals surface area contributed by atoms with Gasteiger partial charge in [-0.05, 0) is 77.0 Å². The minimum Gasteiger partial charge on any atom is -0.486 e. The third kappa shape index (κ3) is 5.45. The molecule has 4 rings (SSSR count). The summed E-state index contributed by atoms with van der Waals surface area (Å²) in [4.78, 5) is 22.1. The number of urea groups is 1. The van der Waals surface area contributed by atoms with Gasteiger partial charge in [0.25, 0.3) is 0 Å². The number of piperidine rings is 1. The average molecular weight is 482 g/mol. The van der Waals surface area contributed by atoms with Crippen LogP contribution in [0, 0.1) is 11.3 Å². The molecule has 180 valence electrons. The van der Waals surface area contributed by atoms with E-state index in [-0.39, 0.29) is 11.9 Å². The summed E-state index contributed by atoms with van der Waals surface area (Å²) < 4.78 is 6.19. The first-order valence-electron chi connectivity index (χ1n) is 11.9. The number of halogens is 1. The van der Waals surface area contributed by atoms with Crippen molar-refractivity contribution in [2.24, 2.45) is 0 Å². The summed E-state index contributed by atoms with van der Waals surface area (Å²) in [6.07, 6.45) is 4.30. The van der Waals surface area contributed by atoms with Crippen LogP contribution in [0.2, 0.25) is 5.02 Å². The Balaban J connectivity index is 1.46. The number of hydrogen-bond donors (Lipinski definition) is 1. The van der Waals surface area contributed by atoms with E-state index in [2.05, 4.69) is 35.1 Å². The maximum atomic E-state index is 13.2. The summed E-state index contributed by atoms with van der Waals surface area (Å²) in [7, 11) is 0. The number of nitrogens with one attached hydrogen (secondary N) is 1. The number of nitriles is 1. The van der Waals surface area contributed by atoms with Crippen LogP contribution in [0.3, 0.4) is 0 Å². The lowest BCUT2D eigenvalue weighted by Gasteiger charge is -2.35. The standard InChI is InChI=1S/C26H32ClN5O2/c1-18(2)31-13-9-19(10-14-31)23-24(20(16-28)8-12-29-23)30-25(33)32-15-11-26(3,17-32)34-22-6-4-21(27)5-7-22/h4-8,12,18-19H,9-11,13-15,17H2,1-3H3,(H,30,33). The number of aromatic nitrogens is 1. The molecular formula is C26H32ClN5O2. The molecule has 0 saturated carbocycles. The summed E-state index contributed by atoms with van der Waals surface area (Å²) in [5.74, 6) is 0.943. The van der Waals surface area contributed by atoms with Crippen LogP contribution in [-0.2, 0) is 0 Å². The second-order valence-electron chi connectivity index (χ2n) is 9.74. The molecule has 1 aromatic carbocycles. The number of carbonyl (C=O) groups excluding carboxylic acids is 1. The van der Waals surface area contributed by atoms with E-state index in [0.717, 1.165) is 37.4 Å². The summed E-state index contributed by atoms with van der Waals surface area (Å²) >= 11 is 5.97. The number of pyridine rings is 1. The summed E-state index contributed by atoms with van der Waals surface area (Å²) in [6.45, 7) is 9.42. The van der Waals surface area contributed by atoms with Crippen LogP contribution in [0.25, 0.3) is 0 Å².